The predicted molar refractivity (Wildman–Crippen MR) is 117 cm³/mol. The summed E-state index contributed by atoms with van der Waals surface area (Å²) in [5.41, 5.74) is 4.33. The molecular weight excluding hydrogens is 384 g/mol. The number of hydrogen-bond acceptors (Lipinski definition) is 5. The number of amides is 1. The van der Waals surface area contributed by atoms with E-state index < -0.39 is 0 Å². The first-order valence-corrected chi connectivity index (χ1v) is 10.8. The molecule has 1 aromatic heterocycles. The van der Waals surface area contributed by atoms with Crippen LogP contribution in [0.25, 0.3) is 10.2 Å². The van der Waals surface area contributed by atoms with Gasteiger partial charge in [-0.3, -0.25) is 9.69 Å². The maximum Gasteiger partial charge on any atom is 0.233 e. The van der Waals surface area contributed by atoms with Crippen LogP contribution >= 0.6 is 11.3 Å². The lowest BCUT2D eigenvalue weighted by atomic mass is 10.1. The second kappa shape index (κ2) is 8.51. The summed E-state index contributed by atoms with van der Waals surface area (Å²) in [6.07, 6.45) is 2.42. The summed E-state index contributed by atoms with van der Waals surface area (Å²) in [6, 6.07) is 11.9. The van der Waals surface area contributed by atoms with Crippen LogP contribution in [-0.2, 0) is 16.0 Å². The number of carbonyl (C=O) groups excluding carboxylic acids is 1. The summed E-state index contributed by atoms with van der Waals surface area (Å²) in [7, 11) is 1.64. The maximum atomic E-state index is 13.3. The number of methoxy groups -OCH3 is 1. The number of thiazole rings is 1. The molecular formula is C23H26N2O3S. The molecule has 3 aromatic rings. The molecule has 152 valence electrons. The fraction of sp³-hybridized carbons (Fsp3) is 0.391. The summed E-state index contributed by atoms with van der Waals surface area (Å²) < 4.78 is 12.1. The lowest BCUT2D eigenvalue weighted by molar-refractivity contribution is -0.118. The molecule has 29 heavy (non-hydrogen) atoms. The quantitative estimate of drug-likeness (QED) is 0.592. The third-order valence-corrected chi connectivity index (χ3v) is 6.57. The Kier molecular flexibility index (Phi) is 5.83. The van der Waals surface area contributed by atoms with Gasteiger partial charge in [0.15, 0.2) is 5.13 Å². The van der Waals surface area contributed by atoms with Crippen molar-refractivity contribution >= 4 is 32.6 Å². The van der Waals surface area contributed by atoms with E-state index in [-0.39, 0.29) is 12.0 Å². The highest BCUT2D eigenvalue weighted by atomic mass is 32.1. The SMILES string of the molecule is COc1ccc(CC(=O)N(C[C@H]2CCCO2)c2nc3c(C)c(C)ccc3s2)cc1. The summed E-state index contributed by atoms with van der Waals surface area (Å²) in [4.78, 5) is 20.0. The Labute approximate surface area is 175 Å². The highest BCUT2D eigenvalue weighted by Crippen LogP contribution is 2.33. The summed E-state index contributed by atoms with van der Waals surface area (Å²) >= 11 is 1.58. The second-order valence-corrected chi connectivity index (χ2v) is 8.52. The van der Waals surface area contributed by atoms with Crippen LogP contribution in [0.3, 0.4) is 0 Å². The second-order valence-electron chi connectivity index (χ2n) is 7.51. The van der Waals surface area contributed by atoms with Gasteiger partial charge in [-0.2, -0.15) is 0 Å². The van der Waals surface area contributed by atoms with Crippen LogP contribution in [0.2, 0.25) is 0 Å². The molecule has 0 aliphatic carbocycles. The van der Waals surface area contributed by atoms with E-state index in [1.165, 1.54) is 11.1 Å². The van der Waals surface area contributed by atoms with Crippen LogP contribution in [0.4, 0.5) is 5.13 Å². The van der Waals surface area contributed by atoms with Crippen LogP contribution in [0.1, 0.15) is 29.5 Å². The Bertz CT molecular complexity index is 1010. The minimum atomic E-state index is 0.0408. The molecule has 0 bridgehead atoms. The largest absolute Gasteiger partial charge is 0.497 e. The van der Waals surface area contributed by atoms with Gasteiger partial charge in [0.1, 0.15) is 5.75 Å². The topological polar surface area (TPSA) is 51.7 Å². The molecule has 0 unspecified atom stereocenters. The Balaban J connectivity index is 1.63. The van der Waals surface area contributed by atoms with Crippen molar-refractivity contribution in [3.05, 3.63) is 53.1 Å². The van der Waals surface area contributed by atoms with Crippen molar-refractivity contribution in [1.29, 1.82) is 0 Å². The minimum absolute atomic E-state index is 0.0408. The smallest absolute Gasteiger partial charge is 0.233 e. The van der Waals surface area contributed by atoms with Crippen LogP contribution in [0.5, 0.6) is 5.75 Å². The molecule has 2 aromatic carbocycles. The number of aromatic nitrogens is 1. The first-order valence-electron chi connectivity index (χ1n) is 9.97. The van der Waals surface area contributed by atoms with Crippen molar-refractivity contribution in [2.24, 2.45) is 0 Å². The number of hydrogen-bond donors (Lipinski definition) is 0. The van der Waals surface area contributed by atoms with Crippen molar-refractivity contribution in [2.45, 2.75) is 39.2 Å². The minimum Gasteiger partial charge on any atom is -0.497 e. The Morgan fingerprint density at radius 1 is 1.24 bits per heavy atom. The van der Waals surface area contributed by atoms with Crippen LogP contribution in [0, 0.1) is 13.8 Å². The van der Waals surface area contributed by atoms with Crippen LogP contribution < -0.4 is 9.64 Å². The van der Waals surface area contributed by atoms with E-state index in [1.54, 1.807) is 18.4 Å². The van der Waals surface area contributed by atoms with E-state index in [1.807, 2.05) is 29.2 Å². The molecule has 6 heteroatoms. The molecule has 0 N–H and O–H groups in total. The van der Waals surface area contributed by atoms with Gasteiger partial charge in [-0.25, -0.2) is 4.98 Å². The zero-order valence-electron chi connectivity index (χ0n) is 17.1. The Morgan fingerprint density at radius 2 is 2.03 bits per heavy atom. The molecule has 0 radical (unpaired) electrons. The first-order chi connectivity index (χ1) is 14.0. The number of nitrogens with zero attached hydrogens (tertiary/aromatic N) is 2. The van der Waals surface area contributed by atoms with Crippen LogP contribution in [0.15, 0.2) is 36.4 Å². The third-order valence-electron chi connectivity index (χ3n) is 5.53. The molecule has 1 aliphatic heterocycles. The lowest BCUT2D eigenvalue weighted by Gasteiger charge is -2.23. The molecule has 1 aliphatic rings. The van der Waals surface area contributed by atoms with E-state index in [4.69, 9.17) is 14.5 Å². The van der Waals surface area contributed by atoms with Gasteiger partial charge in [0, 0.05) is 6.61 Å². The van der Waals surface area contributed by atoms with Crippen molar-refractivity contribution in [3.63, 3.8) is 0 Å². The normalized spacial score (nSPS) is 16.3. The van der Waals surface area contributed by atoms with Gasteiger partial charge in [-0.05, 0) is 61.6 Å². The fourth-order valence-electron chi connectivity index (χ4n) is 3.62. The molecule has 1 saturated heterocycles. The van der Waals surface area contributed by atoms with Crippen molar-refractivity contribution in [1.82, 2.24) is 4.98 Å². The molecule has 1 atom stereocenters. The monoisotopic (exact) mass is 410 g/mol. The van der Waals surface area contributed by atoms with E-state index in [9.17, 15) is 4.79 Å². The molecule has 0 spiro atoms. The number of fused-ring (bicyclic) bond motifs is 1. The van der Waals surface area contributed by atoms with Crippen molar-refractivity contribution in [3.8, 4) is 5.75 Å². The molecule has 4 rings (SSSR count). The molecule has 1 amide bonds. The number of carbonyl (C=O) groups is 1. The summed E-state index contributed by atoms with van der Waals surface area (Å²) in [5.74, 6) is 0.827. The van der Waals surface area contributed by atoms with Gasteiger partial charge in [0.25, 0.3) is 0 Å². The summed E-state index contributed by atoms with van der Waals surface area (Å²) in [5, 5.41) is 0.753. The van der Waals surface area contributed by atoms with Gasteiger partial charge in [-0.15, -0.1) is 0 Å². The number of benzene rings is 2. The summed E-state index contributed by atoms with van der Waals surface area (Å²) in [6.45, 7) is 5.49. The van der Waals surface area contributed by atoms with Gasteiger partial charge < -0.3 is 9.47 Å². The zero-order chi connectivity index (χ0) is 20.4. The van der Waals surface area contributed by atoms with E-state index in [0.717, 1.165) is 46.1 Å². The van der Waals surface area contributed by atoms with Gasteiger partial charge in [0.2, 0.25) is 5.91 Å². The van der Waals surface area contributed by atoms with Gasteiger partial charge in [0.05, 0.1) is 36.4 Å². The maximum absolute atomic E-state index is 13.3. The molecule has 2 heterocycles. The standard InChI is InChI=1S/C23H26N2O3S/c1-15-6-11-20-22(16(15)2)24-23(29-20)25(14-19-5-4-12-28-19)21(26)13-17-7-9-18(27-3)10-8-17/h6-11,19H,4-5,12-14H2,1-3H3/t19-/m1/s1. The number of anilines is 1. The van der Waals surface area contributed by atoms with Gasteiger partial charge >= 0.3 is 0 Å². The van der Waals surface area contributed by atoms with Crippen LogP contribution in [-0.4, -0.2) is 37.3 Å². The van der Waals surface area contributed by atoms with Crippen molar-refractivity contribution in [2.75, 3.05) is 25.2 Å². The molecule has 0 saturated carbocycles. The number of rotatable bonds is 6. The average Bonchev–Trinajstić information content (AvgIpc) is 3.39. The number of aryl methyl sites for hydroxylation is 2. The molecule has 1 fully saturated rings. The third kappa shape index (κ3) is 4.28. The fourth-order valence-corrected chi connectivity index (χ4v) is 4.67. The lowest BCUT2D eigenvalue weighted by Crippen LogP contribution is -2.38. The van der Waals surface area contributed by atoms with Gasteiger partial charge in [-0.1, -0.05) is 29.5 Å². The first kappa shape index (κ1) is 19.9. The zero-order valence-corrected chi connectivity index (χ0v) is 17.9. The predicted octanol–water partition coefficient (Wildman–Crippen LogP) is 4.68. The molecule has 5 nitrogen and oxygen atoms in total. The average molecular weight is 411 g/mol. The van der Waals surface area contributed by atoms with E-state index >= 15 is 0 Å². The highest BCUT2D eigenvalue weighted by Gasteiger charge is 2.26. The van der Waals surface area contributed by atoms with E-state index in [0.29, 0.717) is 13.0 Å². The number of ether oxygens (including phenoxy) is 2. The van der Waals surface area contributed by atoms with Crippen molar-refractivity contribution < 1.29 is 14.3 Å². The van der Waals surface area contributed by atoms with E-state index in [2.05, 4.69) is 26.0 Å². The Morgan fingerprint density at radius 3 is 2.72 bits per heavy atom. The Hall–Kier alpha value is -2.44. The highest BCUT2D eigenvalue weighted by molar-refractivity contribution is 7.22.